The van der Waals surface area contributed by atoms with Gasteiger partial charge in [-0.3, -0.25) is 4.79 Å². The van der Waals surface area contributed by atoms with Gasteiger partial charge in [0.25, 0.3) is 5.91 Å². The molecule has 0 aliphatic heterocycles. The minimum atomic E-state index is -0.135. The minimum absolute atomic E-state index is 0.135. The molecule has 0 saturated carbocycles. The molecule has 5 nitrogen and oxygen atoms in total. The van der Waals surface area contributed by atoms with Gasteiger partial charge in [0.1, 0.15) is 0 Å². The van der Waals surface area contributed by atoms with Gasteiger partial charge >= 0.3 is 0 Å². The first-order valence-electron chi connectivity index (χ1n) is 9.85. The number of amides is 1. The van der Waals surface area contributed by atoms with Crippen LogP contribution in [0.5, 0.6) is 0 Å². The molecule has 29 heavy (non-hydrogen) atoms. The van der Waals surface area contributed by atoms with Gasteiger partial charge in [0.2, 0.25) is 0 Å². The summed E-state index contributed by atoms with van der Waals surface area (Å²) in [5, 5.41) is 3.09. The van der Waals surface area contributed by atoms with E-state index in [0.717, 1.165) is 42.3 Å². The van der Waals surface area contributed by atoms with Gasteiger partial charge in [-0.15, -0.1) is 0 Å². The molecule has 1 amide bonds. The average Bonchev–Trinajstić information content (AvgIpc) is 2.74. The Hall–Kier alpha value is -3.18. The summed E-state index contributed by atoms with van der Waals surface area (Å²) in [6, 6.07) is 21.4. The SMILES string of the molecule is Cc1ccnc(N(CCCN(C)C)c2ccccc2)c1NC(=O)c1ccccc1. The van der Waals surface area contributed by atoms with Crippen LogP contribution in [0, 0.1) is 6.92 Å². The number of anilines is 3. The molecule has 3 aromatic rings. The van der Waals surface area contributed by atoms with Crippen LogP contribution in [0.3, 0.4) is 0 Å². The lowest BCUT2D eigenvalue weighted by molar-refractivity contribution is 0.102. The van der Waals surface area contributed by atoms with Crippen LogP contribution in [-0.4, -0.2) is 43.0 Å². The van der Waals surface area contributed by atoms with Gasteiger partial charge < -0.3 is 15.1 Å². The van der Waals surface area contributed by atoms with Crippen molar-refractivity contribution in [3.63, 3.8) is 0 Å². The number of carbonyl (C=O) groups excluding carboxylic acids is 1. The Morgan fingerprint density at radius 3 is 2.24 bits per heavy atom. The lowest BCUT2D eigenvalue weighted by Gasteiger charge is -2.27. The number of para-hydroxylation sites is 1. The minimum Gasteiger partial charge on any atom is -0.325 e. The molecule has 0 aliphatic carbocycles. The molecular weight excluding hydrogens is 360 g/mol. The summed E-state index contributed by atoms with van der Waals surface area (Å²) in [5.41, 5.74) is 3.41. The molecule has 1 aromatic heterocycles. The third-order valence-corrected chi connectivity index (χ3v) is 4.72. The molecule has 5 heteroatoms. The molecule has 150 valence electrons. The Labute approximate surface area is 173 Å². The maximum absolute atomic E-state index is 12.8. The van der Waals surface area contributed by atoms with Crippen LogP contribution < -0.4 is 10.2 Å². The maximum atomic E-state index is 12.8. The second kappa shape index (κ2) is 9.85. The number of aryl methyl sites for hydroxylation is 1. The van der Waals surface area contributed by atoms with Crippen LogP contribution in [0.1, 0.15) is 22.3 Å². The van der Waals surface area contributed by atoms with Crippen molar-refractivity contribution in [1.29, 1.82) is 0 Å². The third kappa shape index (κ3) is 5.42. The highest BCUT2D eigenvalue weighted by Crippen LogP contribution is 2.32. The van der Waals surface area contributed by atoms with Gasteiger partial charge in [-0.05, 0) is 69.9 Å². The topological polar surface area (TPSA) is 48.5 Å². The Morgan fingerprint density at radius 1 is 0.931 bits per heavy atom. The molecule has 0 saturated heterocycles. The number of hydrogen-bond acceptors (Lipinski definition) is 4. The second-order valence-corrected chi connectivity index (χ2v) is 7.29. The number of carbonyl (C=O) groups is 1. The predicted octanol–water partition coefficient (Wildman–Crippen LogP) is 4.73. The highest BCUT2D eigenvalue weighted by Gasteiger charge is 2.19. The molecular formula is C24H28N4O. The first kappa shape index (κ1) is 20.6. The van der Waals surface area contributed by atoms with Gasteiger partial charge in [0.15, 0.2) is 5.82 Å². The summed E-state index contributed by atoms with van der Waals surface area (Å²) in [5.74, 6) is 0.628. The van der Waals surface area contributed by atoms with Crippen LogP contribution in [0.4, 0.5) is 17.2 Å². The molecule has 0 fully saturated rings. The fourth-order valence-corrected chi connectivity index (χ4v) is 3.19. The fraction of sp³-hybridized carbons (Fsp3) is 0.250. The quantitative estimate of drug-likeness (QED) is 0.606. The van der Waals surface area contributed by atoms with Crippen LogP contribution in [0.25, 0.3) is 0 Å². The molecule has 0 bridgehead atoms. The summed E-state index contributed by atoms with van der Waals surface area (Å²) < 4.78 is 0. The molecule has 0 aliphatic rings. The van der Waals surface area contributed by atoms with E-state index in [2.05, 4.69) is 46.3 Å². The predicted molar refractivity (Wildman–Crippen MR) is 120 cm³/mol. The Balaban J connectivity index is 1.95. The van der Waals surface area contributed by atoms with E-state index in [1.54, 1.807) is 6.20 Å². The zero-order valence-electron chi connectivity index (χ0n) is 17.3. The Morgan fingerprint density at radius 2 is 1.59 bits per heavy atom. The van der Waals surface area contributed by atoms with Crippen LogP contribution in [-0.2, 0) is 0 Å². The van der Waals surface area contributed by atoms with Crippen LogP contribution >= 0.6 is 0 Å². The van der Waals surface area contributed by atoms with E-state index < -0.39 is 0 Å². The zero-order valence-corrected chi connectivity index (χ0v) is 17.3. The van der Waals surface area contributed by atoms with E-state index in [1.807, 2.05) is 61.5 Å². The smallest absolute Gasteiger partial charge is 0.255 e. The van der Waals surface area contributed by atoms with E-state index in [-0.39, 0.29) is 5.91 Å². The van der Waals surface area contributed by atoms with Crippen molar-refractivity contribution in [2.75, 3.05) is 37.4 Å². The van der Waals surface area contributed by atoms with Crippen molar-refractivity contribution in [3.05, 3.63) is 84.1 Å². The van der Waals surface area contributed by atoms with Gasteiger partial charge in [-0.2, -0.15) is 0 Å². The molecule has 1 heterocycles. The van der Waals surface area contributed by atoms with Crippen molar-refractivity contribution in [3.8, 4) is 0 Å². The molecule has 2 aromatic carbocycles. The van der Waals surface area contributed by atoms with E-state index in [1.165, 1.54) is 0 Å². The molecule has 0 atom stereocenters. The third-order valence-electron chi connectivity index (χ3n) is 4.72. The van der Waals surface area contributed by atoms with Gasteiger partial charge in [0, 0.05) is 24.0 Å². The van der Waals surface area contributed by atoms with Crippen molar-refractivity contribution in [1.82, 2.24) is 9.88 Å². The lowest BCUT2D eigenvalue weighted by Crippen LogP contribution is -2.25. The van der Waals surface area contributed by atoms with E-state index in [4.69, 9.17) is 0 Å². The Kier molecular flexibility index (Phi) is 6.98. The lowest BCUT2D eigenvalue weighted by atomic mass is 10.1. The van der Waals surface area contributed by atoms with Crippen molar-refractivity contribution < 1.29 is 4.79 Å². The number of nitrogens with one attached hydrogen (secondary N) is 1. The summed E-state index contributed by atoms with van der Waals surface area (Å²) in [7, 11) is 4.15. The molecule has 0 unspecified atom stereocenters. The largest absolute Gasteiger partial charge is 0.325 e. The molecule has 0 radical (unpaired) electrons. The zero-order chi connectivity index (χ0) is 20.6. The summed E-state index contributed by atoms with van der Waals surface area (Å²) in [6.07, 6.45) is 2.77. The van der Waals surface area contributed by atoms with Crippen LogP contribution in [0.15, 0.2) is 72.9 Å². The number of aromatic nitrogens is 1. The number of benzene rings is 2. The standard InChI is InChI=1S/C24H28N4O/c1-19-15-16-25-23(22(19)26-24(29)20-11-6-4-7-12-20)28(18-10-17-27(2)3)21-13-8-5-9-14-21/h4-9,11-16H,10,17-18H2,1-3H3,(H,26,29). The van der Waals surface area contributed by atoms with Crippen molar-refractivity contribution in [2.24, 2.45) is 0 Å². The summed E-state index contributed by atoms with van der Waals surface area (Å²) in [4.78, 5) is 21.8. The number of nitrogens with zero attached hydrogens (tertiary/aromatic N) is 3. The Bertz CT molecular complexity index is 926. The highest BCUT2D eigenvalue weighted by atomic mass is 16.1. The highest BCUT2D eigenvalue weighted by molar-refractivity contribution is 6.06. The first-order valence-corrected chi connectivity index (χ1v) is 9.85. The van der Waals surface area contributed by atoms with Gasteiger partial charge in [-0.1, -0.05) is 36.4 Å². The monoisotopic (exact) mass is 388 g/mol. The van der Waals surface area contributed by atoms with E-state index in [0.29, 0.717) is 5.56 Å². The first-order chi connectivity index (χ1) is 14.1. The molecule has 0 spiro atoms. The normalized spacial score (nSPS) is 10.8. The van der Waals surface area contributed by atoms with Crippen LogP contribution in [0.2, 0.25) is 0 Å². The number of hydrogen-bond donors (Lipinski definition) is 1. The molecule has 1 N–H and O–H groups in total. The van der Waals surface area contributed by atoms with E-state index >= 15 is 0 Å². The van der Waals surface area contributed by atoms with Crippen molar-refractivity contribution in [2.45, 2.75) is 13.3 Å². The fourth-order valence-electron chi connectivity index (χ4n) is 3.19. The van der Waals surface area contributed by atoms with E-state index in [9.17, 15) is 4.79 Å². The van der Waals surface area contributed by atoms with Crippen molar-refractivity contribution >= 4 is 23.1 Å². The average molecular weight is 389 g/mol. The number of pyridine rings is 1. The van der Waals surface area contributed by atoms with Gasteiger partial charge in [-0.25, -0.2) is 4.98 Å². The number of rotatable bonds is 8. The van der Waals surface area contributed by atoms with Gasteiger partial charge in [0.05, 0.1) is 5.69 Å². The summed E-state index contributed by atoms with van der Waals surface area (Å²) >= 11 is 0. The summed E-state index contributed by atoms with van der Waals surface area (Å²) in [6.45, 7) is 3.77. The second-order valence-electron chi connectivity index (χ2n) is 7.29. The maximum Gasteiger partial charge on any atom is 0.255 e. The molecule has 3 rings (SSSR count).